The molecule has 2 atom stereocenters. The Balaban J connectivity index is 0.966. The zero-order valence-corrected chi connectivity index (χ0v) is 34.7. The first-order chi connectivity index (χ1) is 31.3. The molecule has 11 rings (SSSR count). The molecule has 0 saturated heterocycles. The largest absolute Gasteiger partial charge is 0.333 e. The van der Waals surface area contributed by atoms with Crippen molar-refractivity contribution >= 4 is 50.6 Å². The standard InChI is InChI=1S/C59H44N4/c1-5-17-42(18-6-1)43-29-33-48(34-30-43)62(50-37-40-58-55(41-50)54-27-15-16-28-57(54)63(58)47-23-11-4-12-24-47)49-35-31-44(32-36-49)51-38-39-56(53-26-14-13-25-52(51)53)60-61-59(45-19-7-2-8-20-45)46-21-9-3-10-22-46/h1-41,54,57,60H. The molecule has 1 aliphatic carbocycles. The van der Waals surface area contributed by atoms with Crippen molar-refractivity contribution in [1.29, 1.82) is 0 Å². The third-order valence-corrected chi connectivity index (χ3v) is 12.3. The molecule has 0 saturated carbocycles. The Morgan fingerprint density at radius 1 is 0.460 bits per heavy atom. The summed E-state index contributed by atoms with van der Waals surface area (Å²) in [6.45, 7) is 0. The highest BCUT2D eigenvalue weighted by atomic mass is 15.3. The zero-order valence-electron chi connectivity index (χ0n) is 34.7. The number of allylic oxidation sites excluding steroid dienone is 2. The van der Waals surface area contributed by atoms with Crippen molar-refractivity contribution < 1.29 is 0 Å². The lowest BCUT2D eigenvalue weighted by Gasteiger charge is -2.28. The molecule has 2 aliphatic rings. The number of benzene rings is 9. The number of para-hydroxylation sites is 1. The number of hydrazone groups is 1. The van der Waals surface area contributed by atoms with Gasteiger partial charge in [-0.3, -0.25) is 5.43 Å². The van der Waals surface area contributed by atoms with Crippen LogP contribution in [0.25, 0.3) is 33.0 Å². The average Bonchev–Trinajstić information content (AvgIpc) is 3.69. The molecular weight excluding hydrogens is 765 g/mol. The maximum absolute atomic E-state index is 5.01. The molecule has 63 heavy (non-hydrogen) atoms. The van der Waals surface area contributed by atoms with Crippen LogP contribution in [-0.2, 0) is 0 Å². The second-order valence-corrected chi connectivity index (χ2v) is 16.0. The Kier molecular flexibility index (Phi) is 10.0. The second-order valence-electron chi connectivity index (χ2n) is 16.0. The van der Waals surface area contributed by atoms with Crippen LogP contribution in [-0.4, -0.2) is 11.8 Å². The summed E-state index contributed by atoms with van der Waals surface area (Å²) in [4.78, 5) is 4.88. The Labute approximate surface area is 369 Å². The average molecular weight is 809 g/mol. The maximum Gasteiger partial charge on any atom is 0.0977 e. The van der Waals surface area contributed by atoms with Crippen LogP contribution in [0.15, 0.2) is 254 Å². The first-order valence-electron chi connectivity index (χ1n) is 21.6. The van der Waals surface area contributed by atoms with Crippen molar-refractivity contribution in [3.05, 3.63) is 265 Å². The van der Waals surface area contributed by atoms with E-state index in [0.29, 0.717) is 0 Å². The molecule has 0 amide bonds. The predicted octanol–water partition coefficient (Wildman–Crippen LogP) is 15.2. The van der Waals surface area contributed by atoms with E-state index in [1.807, 2.05) is 12.1 Å². The van der Waals surface area contributed by atoms with Gasteiger partial charge in [-0.25, -0.2) is 0 Å². The van der Waals surface area contributed by atoms with Crippen LogP contribution in [0.4, 0.5) is 34.1 Å². The van der Waals surface area contributed by atoms with Gasteiger partial charge in [0.25, 0.3) is 0 Å². The molecule has 2 unspecified atom stereocenters. The molecule has 1 aliphatic heterocycles. The summed E-state index contributed by atoms with van der Waals surface area (Å²) in [5, 5.41) is 7.28. The molecule has 4 heteroatoms. The number of hydrogen-bond acceptors (Lipinski definition) is 4. The van der Waals surface area contributed by atoms with Gasteiger partial charge in [-0.15, -0.1) is 0 Å². The Bertz CT molecular complexity index is 3080. The van der Waals surface area contributed by atoms with E-state index in [9.17, 15) is 0 Å². The van der Waals surface area contributed by atoms with Crippen molar-refractivity contribution in [3.63, 3.8) is 0 Å². The van der Waals surface area contributed by atoms with Crippen molar-refractivity contribution in [1.82, 2.24) is 0 Å². The summed E-state index contributed by atoms with van der Waals surface area (Å²) in [5.74, 6) is 0.245. The number of hydrogen-bond donors (Lipinski definition) is 1. The van der Waals surface area contributed by atoms with Gasteiger partial charge in [0.15, 0.2) is 0 Å². The number of rotatable bonds is 10. The lowest BCUT2D eigenvalue weighted by atomic mass is 9.91. The number of nitrogens with one attached hydrogen (secondary N) is 1. The highest BCUT2D eigenvalue weighted by molar-refractivity contribution is 6.13. The Morgan fingerprint density at radius 3 is 1.67 bits per heavy atom. The summed E-state index contributed by atoms with van der Waals surface area (Å²) >= 11 is 0. The fourth-order valence-electron chi connectivity index (χ4n) is 9.28. The minimum atomic E-state index is 0.221. The van der Waals surface area contributed by atoms with Crippen LogP contribution in [0.1, 0.15) is 22.6 Å². The smallest absolute Gasteiger partial charge is 0.0977 e. The molecule has 4 nitrogen and oxygen atoms in total. The quantitative estimate of drug-likeness (QED) is 0.110. The molecule has 0 bridgehead atoms. The lowest BCUT2D eigenvalue weighted by Crippen LogP contribution is -2.28. The van der Waals surface area contributed by atoms with Gasteiger partial charge in [0.1, 0.15) is 0 Å². The number of nitrogens with zero attached hydrogens (tertiary/aromatic N) is 3. The van der Waals surface area contributed by atoms with E-state index < -0.39 is 0 Å². The number of anilines is 6. The van der Waals surface area contributed by atoms with Gasteiger partial charge in [0, 0.05) is 50.9 Å². The molecule has 9 aromatic carbocycles. The summed E-state index contributed by atoms with van der Waals surface area (Å²) < 4.78 is 0. The summed E-state index contributed by atoms with van der Waals surface area (Å²) in [7, 11) is 0. The Hall–Kier alpha value is -8.21. The van der Waals surface area contributed by atoms with E-state index >= 15 is 0 Å². The zero-order chi connectivity index (χ0) is 42.0. The van der Waals surface area contributed by atoms with Crippen molar-refractivity contribution in [3.8, 4) is 22.3 Å². The maximum atomic E-state index is 5.01. The molecule has 1 heterocycles. The molecular formula is C59H44N4. The van der Waals surface area contributed by atoms with Crippen molar-refractivity contribution in [2.75, 3.05) is 15.2 Å². The predicted molar refractivity (Wildman–Crippen MR) is 265 cm³/mol. The Morgan fingerprint density at radius 2 is 1.00 bits per heavy atom. The summed E-state index contributed by atoms with van der Waals surface area (Å²) in [6, 6.07) is 80.2. The molecule has 0 fully saturated rings. The van der Waals surface area contributed by atoms with Crippen molar-refractivity contribution in [2.24, 2.45) is 5.10 Å². The highest BCUT2D eigenvalue weighted by Gasteiger charge is 2.37. The fourth-order valence-corrected chi connectivity index (χ4v) is 9.28. The van der Waals surface area contributed by atoms with Crippen molar-refractivity contribution in [2.45, 2.75) is 12.0 Å². The van der Waals surface area contributed by atoms with Crippen LogP contribution >= 0.6 is 0 Å². The van der Waals surface area contributed by atoms with E-state index in [-0.39, 0.29) is 12.0 Å². The van der Waals surface area contributed by atoms with Gasteiger partial charge in [-0.1, -0.05) is 188 Å². The van der Waals surface area contributed by atoms with Gasteiger partial charge >= 0.3 is 0 Å². The molecule has 300 valence electrons. The highest BCUT2D eigenvalue weighted by Crippen LogP contribution is 2.50. The third kappa shape index (κ3) is 7.28. The summed E-state index contributed by atoms with van der Waals surface area (Å²) in [5.41, 5.74) is 19.2. The molecule has 1 N–H and O–H groups in total. The first-order valence-corrected chi connectivity index (χ1v) is 21.6. The molecule has 0 radical (unpaired) electrons. The van der Waals surface area contributed by atoms with Gasteiger partial charge in [-0.05, 0) is 93.9 Å². The topological polar surface area (TPSA) is 30.9 Å². The first kappa shape index (κ1) is 37.8. The van der Waals surface area contributed by atoms with E-state index in [1.165, 1.54) is 33.6 Å². The van der Waals surface area contributed by atoms with Gasteiger partial charge in [0.2, 0.25) is 0 Å². The van der Waals surface area contributed by atoms with Crippen LogP contribution < -0.4 is 15.2 Å². The van der Waals surface area contributed by atoms with E-state index in [4.69, 9.17) is 5.10 Å². The van der Waals surface area contributed by atoms with E-state index in [1.54, 1.807) is 0 Å². The normalized spacial score (nSPS) is 14.8. The van der Waals surface area contributed by atoms with E-state index in [0.717, 1.165) is 55.9 Å². The lowest BCUT2D eigenvalue weighted by molar-refractivity contribution is 0.745. The molecule has 0 spiro atoms. The van der Waals surface area contributed by atoms with Gasteiger partial charge in [-0.2, -0.15) is 5.10 Å². The SMILES string of the molecule is C1=CC2c3cc(N(c4ccc(-c5ccccc5)cc4)c4ccc(-c5ccc(NN=C(c6ccccc6)c6ccccc6)c6ccccc56)cc4)ccc3N(c3ccccc3)C2C=C1. The fraction of sp³-hybridized carbons (Fsp3) is 0.0339. The van der Waals surface area contributed by atoms with Gasteiger partial charge in [0.05, 0.1) is 17.4 Å². The minimum Gasteiger partial charge on any atom is -0.333 e. The molecule has 9 aromatic rings. The molecule has 0 aromatic heterocycles. The van der Waals surface area contributed by atoms with Crippen LogP contribution in [0.5, 0.6) is 0 Å². The third-order valence-electron chi connectivity index (χ3n) is 12.3. The monoisotopic (exact) mass is 808 g/mol. The second kappa shape index (κ2) is 16.7. The minimum absolute atomic E-state index is 0.221. The summed E-state index contributed by atoms with van der Waals surface area (Å²) in [6.07, 6.45) is 9.06. The van der Waals surface area contributed by atoms with Crippen LogP contribution in [0, 0.1) is 0 Å². The van der Waals surface area contributed by atoms with Crippen LogP contribution in [0.2, 0.25) is 0 Å². The number of fused-ring (bicyclic) bond motifs is 4. The van der Waals surface area contributed by atoms with Gasteiger partial charge < -0.3 is 9.80 Å². The van der Waals surface area contributed by atoms with E-state index in [2.05, 4.69) is 252 Å². The van der Waals surface area contributed by atoms with Crippen LogP contribution in [0.3, 0.4) is 0 Å².